The van der Waals surface area contributed by atoms with E-state index in [9.17, 15) is 14.4 Å². The van der Waals surface area contributed by atoms with Gasteiger partial charge in [0.1, 0.15) is 5.54 Å². The number of nitrogens with zero attached hydrogens (tertiary/aromatic N) is 1. The first-order chi connectivity index (χ1) is 14.3. The van der Waals surface area contributed by atoms with Crippen LogP contribution >= 0.6 is 0 Å². The zero-order valence-electron chi connectivity index (χ0n) is 18.1. The number of hydrogen-bond donors (Lipinski definition) is 2. The van der Waals surface area contributed by atoms with E-state index >= 15 is 0 Å². The molecule has 0 aromatic heterocycles. The third-order valence-electron chi connectivity index (χ3n) is 6.05. The smallest absolute Gasteiger partial charge is 0.250 e. The number of nitrogens with one attached hydrogen (secondary N) is 2. The second kappa shape index (κ2) is 8.93. The van der Waals surface area contributed by atoms with Gasteiger partial charge in [0.05, 0.1) is 20.1 Å². The van der Waals surface area contributed by atoms with Crippen LogP contribution in [0.4, 0.5) is 5.69 Å². The molecule has 164 valence electrons. The van der Waals surface area contributed by atoms with Crippen molar-refractivity contribution in [1.29, 1.82) is 0 Å². The molecule has 1 aromatic carbocycles. The molecule has 2 aliphatic rings. The topological polar surface area (TPSA) is 97.0 Å². The zero-order chi connectivity index (χ0) is 21.9. The van der Waals surface area contributed by atoms with Crippen LogP contribution in [0.3, 0.4) is 0 Å². The van der Waals surface area contributed by atoms with E-state index in [1.165, 1.54) is 7.11 Å². The highest BCUT2D eigenvalue weighted by Gasteiger charge is 2.45. The molecule has 0 radical (unpaired) electrons. The number of benzene rings is 1. The van der Waals surface area contributed by atoms with E-state index in [1.54, 1.807) is 30.2 Å². The number of carbonyl (C=O) groups excluding carboxylic acids is 3. The minimum absolute atomic E-state index is 0.0135. The van der Waals surface area contributed by atoms with Crippen molar-refractivity contribution in [3.05, 3.63) is 18.2 Å². The molecule has 3 rings (SSSR count). The zero-order valence-corrected chi connectivity index (χ0v) is 18.1. The molecule has 1 saturated heterocycles. The molecule has 2 N–H and O–H groups in total. The van der Waals surface area contributed by atoms with Crippen LogP contribution in [-0.4, -0.2) is 55.0 Å². The van der Waals surface area contributed by atoms with Crippen molar-refractivity contribution >= 4 is 23.4 Å². The van der Waals surface area contributed by atoms with Crippen molar-refractivity contribution in [2.45, 2.75) is 57.5 Å². The summed E-state index contributed by atoms with van der Waals surface area (Å²) in [5.74, 6) is 0.172. The Labute approximate surface area is 177 Å². The molecule has 1 atom stereocenters. The quantitative estimate of drug-likeness (QED) is 0.710. The molecule has 8 nitrogen and oxygen atoms in total. The van der Waals surface area contributed by atoms with Crippen LogP contribution in [0.5, 0.6) is 11.5 Å². The maximum absolute atomic E-state index is 13.2. The molecule has 1 aromatic rings. The van der Waals surface area contributed by atoms with Crippen molar-refractivity contribution in [3.8, 4) is 11.5 Å². The SMILES string of the molecule is COc1ccc(NC(=O)C2(NC(=O)[C@@H]3CC(=O)N(C(C)C)C3)CCCC2)cc1OC. The summed E-state index contributed by atoms with van der Waals surface area (Å²) in [5, 5.41) is 5.92. The van der Waals surface area contributed by atoms with Crippen LogP contribution in [0, 0.1) is 5.92 Å². The number of hydrogen-bond acceptors (Lipinski definition) is 5. The Morgan fingerprint density at radius 2 is 1.80 bits per heavy atom. The van der Waals surface area contributed by atoms with Crippen molar-refractivity contribution in [1.82, 2.24) is 10.2 Å². The summed E-state index contributed by atoms with van der Waals surface area (Å²) in [6.45, 7) is 4.27. The Balaban J connectivity index is 1.72. The van der Waals surface area contributed by atoms with Crippen molar-refractivity contribution in [3.63, 3.8) is 0 Å². The molecular weight excluding hydrogens is 386 g/mol. The van der Waals surface area contributed by atoms with Crippen molar-refractivity contribution < 1.29 is 23.9 Å². The normalized spacial score (nSPS) is 20.4. The van der Waals surface area contributed by atoms with Crippen LogP contribution < -0.4 is 20.1 Å². The third-order valence-corrected chi connectivity index (χ3v) is 6.05. The van der Waals surface area contributed by atoms with Gasteiger partial charge < -0.3 is 25.0 Å². The van der Waals surface area contributed by atoms with Crippen LogP contribution in [0.15, 0.2) is 18.2 Å². The van der Waals surface area contributed by atoms with Gasteiger partial charge >= 0.3 is 0 Å². The summed E-state index contributed by atoms with van der Waals surface area (Å²) in [7, 11) is 3.08. The molecule has 1 aliphatic carbocycles. The average molecular weight is 418 g/mol. The molecule has 1 saturated carbocycles. The molecule has 1 heterocycles. The number of amides is 3. The maximum atomic E-state index is 13.2. The van der Waals surface area contributed by atoms with Gasteiger partial charge in [0, 0.05) is 30.8 Å². The molecule has 30 heavy (non-hydrogen) atoms. The minimum atomic E-state index is -0.960. The van der Waals surface area contributed by atoms with E-state index in [1.807, 2.05) is 13.8 Å². The summed E-state index contributed by atoms with van der Waals surface area (Å²) in [6, 6.07) is 5.21. The van der Waals surface area contributed by atoms with Crippen molar-refractivity contribution in [2.75, 3.05) is 26.1 Å². The molecule has 2 fully saturated rings. The van der Waals surface area contributed by atoms with E-state index in [0.29, 0.717) is 36.6 Å². The summed E-state index contributed by atoms with van der Waals surface area (Å²) >= 11 is 0. The lowest BCUT2D eigenvalue weighted by atomic mass is 9.94. The van der Waals surface area contributed by atoms with Gasteiger partial charge in [-0.2, -0.15) is 0 Å². The highest BCUT2D eigenvalue weighted by Crippen LogP contribution is 2.34. The number of ether oxygens (including phenoxy) is 2. The number of anilines is 1. The fraction of sp³-hybridized carbons (Fsp3) is 0.591. The molecule has 1 aliphatic heterocycles. The Bertz CT molecular complexity index is 817. The highest BCUT2D eigenvalue weighted by molar-refractivity contribution is 6.01. The van der Waals surface area contributed by atoms with Crippen LogP contribution in [-0.2, 0) is 14.4 Å². The van der Waals surface area contributed by atoms with Gasteiger partial charge in [-0.15, -0.1) is 0 Å². The van der Waals surface area contributed by atoms with Gasteiger partial charge in [-0.1, -0.05) is 12.8 Å². The molecule has 0 spiro atoms. The summed E-state index contributed by atoms with van der Waals surface area (Å²) in [6.07, 6.45) is 3.07. The van der Waals surface area contributed by atoms with Gasteiger partial charge in [0.2, 0.25) is 17.7 Å². The summed E-state index contributed by atoms with van der Waals surface area (Å²) in [5.41, 5.74) is -0.390. The summed E-state index contributed by atoms with van der Waals surface area (Å²) in [4.78, 5) is 40.1. The Morgan fingerprint density at radius 3 is 2.37 bits per heavy atom. The van der Waals surface area contributed by atoms with Crippen LogP contribution in [0.2, 0.25) is 0 Å². The van der Waals surface area contributed by atoms with Gasteiger partial charge in [0.15, 0.2) is 11.5 Å². The lowest BCUT2D eigenvalue weighted by Gasteiger charge is -2.30. The molecule has 0 unspecified atom stereocenters. The van der Waals surface area contributed by atoms with Crippen molar-refractivity contribution in [2.24, 2.45) is 5.92 Å². The second-order valence-corrected chi connectivity index (χ2v) is 8.34. The van der Waals surface area contributed by atoms with E-state index in [2.05, 4.69) is 10.6 Å². The van der Waals surface area contributed by atoms with E-state index in [-0.39, 0.29) is 30.2 Å². The fourth-order valence-corrected chi connectivity index (χ4v) is 4.30. The molecule has 0 bridgehead atoms. The summed E-state index contributed by atoms with van der Waals surface area (Å²) < 4.78 is 10.5. The van der Waals surface area contributed by atoms with Gasteiger partial charge in [-0.3, -0.25) is 14.4 Å². The molecular formula is C22H31N3O5. The predicted molar refractivity (Wildman–Crippen MR) is 112 cm³/mol. The standard InChI is InChI=1S/C22H31N3O5/c1-14(2)25-13-15(11-19(25)26)20(27)24-22(9-5-6-10-22)21(28)23-16-7-8-17(29-3)18(12-16)30-4/h7-8,12,14-15H,5-6,9-11,13H2,1-4H3,(H,23,28)(H,24,27)/t15-/m1/s1. The monoisotopic (exact) mass is 417 g/mol. The van der Waals surface area contributed by atoms with E-state index in [4.69, 9.17) is 9.47 Å². The lowest BCUT2D eigenvalue weighted by molar-refractivity contribution is -0.133. The maximum Gasteiger partial charge on any atom is 0.250 e. The van der Waals surface area contributed by atoms with Gasteiger partial charge in [-0.05, 0) is 38.8 Å². The first-order valence-corrected chi connectivity index (χ1v) is 10.4. The Morgan fingerprint density at radius 1 is 1.13 bits per heavy atom. The average Bonchev–Trinajstić information content (AvgIpc) is 3.35. The first kappa shape index (κ1) is 21.9. The first-order valence-electron chi connectivity index (χ1n) is 10.4. The van der Waals surface area contributed by atoms with Gasteiger partial charge in [-0.25, -0.2) is 0 Å². The lowest BCUT2D eigenvalue weighted by Crippen LogP contribution is -2.56. The number of rotatable bonds is 7. The van der Waals surface area contributed by atoms with Crippen LogP contribution in [0.1, 0.15) is 46.0 Å². The fourth-order valence-electron chi connectivity index (χ4n) is 4.30. The molecule has 8 heteroatoms. The van der Waals surface area contributed by atoms with E-state index in [0.717, 1.165) is 12.8 Å². The third kappa shape index (κ3) is 4.37. The Hall–Kier alpha value is -2.77. The predicted octanol–water partition coefficient (Wildman–Crippen LogP) is 2.33. The highest BCUT2D eigenvalue weighted by atomic mass is 16.5. The van der Waals surface area contributed by atoms with Crippen LogP contribution in [0.25, 0.3) is 0 Å². The number of carbonyl (C=O) groups is 3. The Kier molecular flexibility index (Phi) is 6.53. The van der Waals surface area contributed by atoms with Gasteiger partial charge in [0.25, 0.3) is 0 Å². The second-order valence-electron chi connectivity index (χ2n) is 8.34. The minimum Gasteiger partial charge on any atom is -0.493 e. The largest absolute Gasteiger partial charge is 0.493 e. The number of methoxy groups -OCH3 is 2. The van der Waals surface area contributed by atoms with E-state index < -0.39 is 11.5 Å². The molecule has 3 amide bonds. The number of likely N-dealkylation sites (tertiary alicyclic amines) is 1.